The maximum atomic E-state index is 13.7. The van der Waals surface area contributed by atoms with Crippen LogP contribution < -0.4 is 10.5 Å². The van der Waals surface area contributed by atoms with Crippen LogP contribution in [0.4, 0.5) is 10.1 Å². The molecule has 1 fully saturated rings. The second-order valence-electron chi connectivity index (χ2n) is 7.66. The van der Waals surface area contributed by atoms with Crippen LogP contribution in [0.15, 0.2) is 51.9 Å². The van der Waals surface area contributed by atoms with E-state index in [9.17, 15) is 9.18 Å². The maximum absolute atomic E-state index is 13.7. The SMILES string of the molecule is Cc1cc(F)cn2cc(-c3cc4ccc(N5CCN(C)CC5)cc4oc3=O)nc12. The highest BCUT2D eigenvalue weighted by molar-refractivity contribution is 5.84. The minimum atomic E-state index is -0.449. The molecular formula is C22H21FN4O2. The third-order valence-electron chi connectivity index (χ3n) is 5.57. The average molecular weight is 392 g/mol. The molecule has 0 atom stereocenters. The van der Waals surface area contributed by atoms with Gasteiger partial charge in [0.15, 0.2) is 0 Å². The van der Waals surface area contributed by atoms with Gasteiger partial charge in [-0.15, -0.1) is 0 Å². The fraction of sp³-hybridized carbons (Fsp3) is 0.273. The van der Waals surface area contributed by atoms with Crippen LogP contribution in [0.25, 0.3) is 27.9 Å². The summed E-state index contributed by atoms with van der Waals surface area (Å²) in [4.78, 5) is 21.8. The number of rotatable bonds is 2. The zero-order valence-electron chi connectivity index (χ0n) is 16.4. The standard InChI is InChI=1S/C22H21FN4O2/c1-14-9-16(23)12-27-13-19(24-21(14)27)18-10-15-3-4-17(11-20(15)29-22(18)28)26-7-5-25(2)6-8-26/h3-4,9-13H,5-8H2,1-2H3. The Hall–Kier alpha value is -3.19. The molecule has 0 saturated carbocycles. The summed E-state index contributed by atoms with van der Waals surface area (Å²) < 4.78 is 20.9. The highest BCUT2D eigenvalue weighted by atomic mass is 19.1. The number of likely N-dealkylation sites (N-methyl/N-ethyl adjacent to an activating group) is 1. The van der Waals surface area contributed by atoms with Gasteiger partial charge < -0.3 is 18.6 Å². The predicted molar refractivity (Wildman–Crippen MR) is 111 cm³/mol. The summed E-state index contributed by atoms with van der Waals surface area (Å²) in [5, 5.41) is 0.831. The van der Waals surface area contributed by atoms with Crippen molar-refractivity contribution in [3.63, 3.8) is 0 Å². The van der Waals surface area contributed by atoms with Crippen molar-refractivity contribution in [1.82, 2.24) is 14.3 Å². The Morgan fingerprint density at radius 1 is 1.07 bits per heavy atom. The molecule has 1 aliphatic heterocycles. The van der Waals surface area contributed by atoms with Gasteiger partial charge in [-0.2, -0.15) is 0 Å². The lowest BCUT2D eigenvalue weighted by atomic mass is 10.1. The molecule has 0 unspecified atom stereocenters. The van der Waals surface area contributed by atoms with Crippen molar-refractivity contribution in [2.24, 2.45) is 0 Å². The Kier molecular flexibility index (Phi) is 4.13. The number of hydrogen-bond acceptors (Lipinski definition) is 5. The average Bonchev–Trinajstić information content (AvgIpc) is 3.11. The van der Waals surface area contributed by atoms with E-state index in [0.29, 0.717) is 28.1 Å². The van der Waals surface area contributed by atoms with E-state index in [4.69, 9.17) is 4.42 Å². The minimum Gasteiger partial charge on any atom is -0.422 e. The summed E-state index contributed by atoms with van der Waals surface area (Å²) in [6, 6.07) is 9.17. The Labute approximate surface area is 166 Å². The van der Waals surface area contributed by atoms with E-state index < -0.39 is 5.63 Å². The molecule has 6 nitrogen and oxygen atoms in total. The van der Waals surface area contributed by atoms with E-state index in [1.165, 1.54) is 12.3 Å². The van der Waals surface area contributed by atoms with Crippen LogP contribution in [-0.4, -0.2) is 47.5 Å². The van der Waals surface area contributed by atoms with Crippen molar-refractivity contribution in [3.05, 3.63) is 64.5 Å². The van der Waals surface area contributed by atoms with Crippen LogP contribution in [0, 0.1) is 12.7 Å². The van der Waals surface area contributed by atoms with E-state index in [1.54, 1.807) is 23.6 Å². The minimum absolute atomic E-state index is 0.346. The van der Waals surface area contributed by atoms with Crippen molar-refractivity contribution in [2.45, 2.75) is 6.92 Å². The number of benzene rings is 1. The molecule has 1 aromatic carbocycles. The second-order valence-corrected chi connectivity index (χ2v) is 7.66. The maximum Gasteiger partial charge on any atom is 0.345 e. The topological polar surface area (TPSA) is 54.0 Å². The van der Waals surface area contributed by atoms with E-state index in [0.717, 1.165) is 37.3 Å². The van der Waals surface area contributed by atoms with Crippen LogP contribution in [-0.2, 0) is 0 Å². The van der Waals surface area contributed by atoms with Gasteiger partial charge in [-0.05, 0) is 43.8 Å². The first kappa shape index (κ1) is 17.9. The lowest BCUT2D eigenvalue weighted by molar-refractivity contribution is 0.313. The lowest BCUT2D eigenvalue weighted by Crippen LogP contribution is -2.44. The van der Waals surface area contributed by atoms with Gasteiger partial charge in [0.2, 0.25) is 0 Å². The Balaban J connectivity index is 1.56. The molecule has 0 spiro atoms. The van der Waals surface area contributed by atoms with E-state index >= 15 is 0 Å². The summed E-state index contributed by atoms with van der Waals surface area (Å²) in [7, 11) is 2.12. The van der Waals surface area contributed by atoms with Crippen molar-refractivity contribution in [3.8, 4) is 11.3 Å². The molecule has 29 heavy (non-hydrogen) atoms. The van der Waals surface area contributed by atoms with E-state index in [1.807, 2.05) is 12.1 Å². The van der Waals surface area contributed by atoms with E-state index in [2.05, 4.69) is 27.9 Å². The first-order valence-corrected chi connectivity index (χ1v) is 9.64. The van der Waals surface area contributed by atoms with Gasteiger partial charge >= 0.3 is 5.63 Å². The number of pyridine rings is 1. The van der Waals surface area contributed by atoms with Gasteiger partial charge in [-0.25, -0.2) is 14.2 Å². The largest absolute Gasteiger partial charge is 0.422 e. The molecule has 0 radical (unpaired) electrons. The summed E-state index contributed by atoms with van der Waals surface area (Å²) in [6.07, 6.45) is 3.01. The van der Waals surface area contributed by atoms with Crippen LogP contribution in [0.1, 0.15) is 5.56 Å². The van der Waals surface area contributed by atoms with Crippen LogP contribution in [0.2, 0.25) is 0 Å². The van der Waals surface area contributed by atoms with Crippen LogP contribution >= 0.6 is 0 Å². The van der Waals surface area contributed by atoms with Crippen molar-refractivity contribution >= 4 is 22.3 Å². The Morgan fingerprint density at radius 3 is 2.66 bits per heavy atom. The van der Waals surface area contributed by atoms with E-state index in [-0.39, 0.29) is 5.82 Å². The van der Waals surface area contributed by atoms with Gasteiger partial charge in [-0.3, -0.25) is 0 Å². The molecule has 0 aliphatic carbocycles. The first-order valence-electron chi connectivity index (χ1n) is 9.64. The first-order chi connectivity index (χ1) is 14.0. The highest BCUT2D eigenvalue weighted by Crippen LogP contribution is 2.26. The molecule has 0 bridgehead atoms. The highest BCUT2D eigenvalue weighted by Gasteiger charge is 2.17. The number of nitrogens with zero attached hydrogens (tertiary/aromatic N) is 4. The van der Waals surface area contributed by atoms with Crippen molar-refractivity contribution < 1.29 is 8.81 Å². The molecule has 5 rings (SSSR count). The van der Waals surface area contributed by atoms with Crippen LogP contribution in [0.5, 0.6) is 0 Å². The monoisotopic (exact) mass is 392 g/mol. The molecule has 4 aromatic rings. The molecule has 148 valence electrons. The Morgan fingerprint density at radius 2 is 1.86 bits per heavy atom. The molecule has 0 N–H and O–H groups in total. The smallest absolute Gasteiger partial charge is 0.345 e. The number of fused-ring (bicyclic) bond motifs is 2. The molecule has 7 heteroatoms. The molecule has 3 aromatic heterocycles. The van der Waals surface area contributed by atoms with Crippen LogP contribution in [0.3, 0.4) is 0 Å². The molecule has 1 aliphatic rings. The number of anilines is 1. The van der Waals surface area contributed by atoms with Gasteiger partial charge in [-0.1, -0.05) is 0 Å². The fourth-order valence-electron chi connectivity index (χ4n) is 3.89. The Bertz CT molecular complexity index is 1290. The van der Waals surface area contributed by atoms with Gasteiger partial charge in [0.05, 0.1) is 11.3 Å². The van der Waals surface area contributed by atoms with Crippen molar-refractivity contribution in [2.75, 3.05) is 38.1 Å². The van der Waals surface area contributed by atoms with Gasteiger partial charge in [0.25, 0.3) is 0 Å². The number of piperazine rings is 1. The third-order valence-corrected chi connectivity index (χ3v) is 5.57. The number of imidazole rings is 1. The number of halogens is 1. The normalized spacial score (nSPS) is 15.5. The second kappa shape index (κ2) is 6.70. The number of aromatic nitrogens is 2. The zero-order chi connectivity index (χ0) is 20.1. The zero-order valence-corrected chi connectivity index (χ0v) is 16.4. The fourth-order valence-corrected chi connectivity index (χ4v) is 3.89. The third kappa shape index (κ3) is 3.17. The molecule has 0 amide bonds. The molecule has 4 heterocycles. The summed E-state index contributed by atoms with van der Waals surface area (Å²) in [5.41, 5.74) is 3.33. The molecular weight excluding hydrogens is 371 g/mol. The van der Waals surface area contributed by atoms with Crippen molar-refractivity contribution in [1.29, 1.82) is 0 Å². The number of aryl methyl sites for hydroxylation is 1. The summed E-state index contributed by atoms with van der Waals surface area (Å²) in [6.45, 7) is 5.70. The predicted octanol–water partition coefficient (Wildman–Crippen LogP) is 3.31. The quantitative estimate of drug-likeness (QED) is 0.490. The lowest BCUT2D eigenvalue weighted by Gasteiger charge is -2.34. The number of hydrogen-bond donors (Lipinski definition) is 0. The van der Waals surface area contributed by atoms with Gasteiger partial charge in [0, 0.05) is 55.7 Å². The summed E-state index contributed by atoms with van der Waals surface area (Å²) >= 11 is 0. The summed E-state index contributed by atoms with van der Waals surface area (Å²) in [5.74, 6) is -0.346. The van der Waals surface area contributed by atoms with Gasteiger partial charge in [0.1, 0.15) is 17.0 Å². The molecule has 1 saturated heterocycles.